The lowest BCUT2D eigenvalue weighted by Crippen LogP contribution is -2.19. The monoisotopic (exact) mass is 405 g/mol. The third-order valence-electron chi connectivity index (χ3n) is 4.75. The summed E-state index contributed by atoms with van der Waals surface area (Å²) in [5.74, 6) is 1.35. The van der Waals surface area contributed by atoms with Crippen molar-refractivity contribution in [1.29, 1.82) is 0 Å². The fourth-order valence-electron chi connectivity index (χ4n) is 3.25. The van der Waals surface area contributed by atoms with Crippen LogP contribution in [0.2, 0.25) is 0 Å². The van der Waals surface area contributed by atoms with Crippen LogP contribution in [-0.4, -0.2) is 42.4 Å². The van der Waals surface area contributed by atoms with E-state index in [4.69, 9.17) is 4.74 Å². The molecule has 3 aromatic carbocycles. The minimum absolute atomic E-state index is 0.244. The SMILES string of the molecule is CN(C)CCOc1ccc(-c2c(-c3ccc(O)cc3)sc3cc(O)ccc23)cc1. The fraction of sp³-hybridized carbons (Fsp3) is 0.167. The van der Waals surface area contributed by atoms with Gasteiger partial charge in [-0.3, -0.25) is 0 Å². The highest BCUT2D eigenvalue weighted by Gasteiger charge is 2.16. The maximum atomic E-state index is 9.92. The molecular weight excluding hydrogens is 382 g/mol. The van der Waals surface area contributed by atoms with Gasteiger partial charge in [-0.15, -0.1) is 11.3 Å². The molecule has 4 aromatic rings. The van der Waals surface area contributed by atoms with E-state index in [1.807, 2.05) is 44.4 Å². The van der Waals surface area contributed by atoms with E-state index in [0.717, 1.165) is 43.9 Å². The largest absolute Gasteiger partial charge is 0.508 e. The first-order valence-electron chi connectivity index (χ1n) is 9.44. The highest BCUT2D eigenvalue weighted by atomic mass is 32.1. The number of nitrogens with zero attached hydrogens (tertiary/aromatic N) is 1. The van der Waals surface area contributed by atoms with Crippen molar-refractivity contribution in [2.45, 2.75) is 0 Å². The van der Waals surface area contributed by atoms with Crippen LogP contribution in [0.1, 0.15) is 0 Å². The molecule has 0 unspecified atom stereocenters. The van der Waals surface area contributed by atoms with Gasteiger partial charge in [-0.1, -0.05) is 12.1 Å². The summed E-state index contributed by atoms with van der Waals surface area (Å²) in [5, 5.41) is 20.7. The van der Waals surface area contributed by atoms with Gasteiger partial charge in [0.25, 0.3) is 0 Å². The summed E-state index contributed by atoms with van der Waals surface area (Å²) in [7, 11) is 4.05. The van der Waals surface area contributed by atoms with Gasteiger partial charge in [0.05, 0.1) is 0 Å². The molecule has 0 bridgehead atoms. The molecule has 0 spiro atoms. The molecule has 5 heteroatoms. The van der Waals surface area contributed by atoms with E-state index in [1.165, 1.54) is 0 Å². The van der Waals surface area contributed by atoms with Crippen LogP contribution in [0.15, 0.2) is 66.7 Å². The molecule has 0 fully saturated rings. The molecule has 29 heavy (non-hydrogen) atoms. The summed E-state index contributed by atoms with van der Waals surface area (Å²) in [5.41, 5.74) is 3.24. The van der Waals surface area contributed by atoms with Crippen LogP contribution in [0.4, 0.5) is 0 Å². The van der Waals surface area contributed by atoms with Gasteiger partial charge in [-0.05, 0) is 79.8 Å². The number of phenolic OH excluding ortho intramolecular Hbond substituents is 2. The molecule has 0 aliphatic heterocycles. The Bertz CT molecular complexity index is 1120. The predicted octanol–water partition coefficient (Wildman–Crippen LogP) is 5.59. The van der Waals surface area contributed by atoms with Crippen LogP contribution in [0.5, 0.6) is 17.2 Å². The second-order valence-electron chi connectivity index (χ2n) is 7.21. The molecule has 0 radical (unpaired) electrons. The molecule has 2 N–H and O–H groups in total. The quantitative estimate of drug-likeness (QED) is 0.439. The zero-order chi connectivity index (χ0) is 20.4. The number of benzene rings is 3. The number of phenols is 2. The van der Waals surface area contributed by atoms with Crippen molar-refractivity contribution < 1.29 is 14.9 Å². The fourth-order valence-corrected chi connectivity index (χ4v) is 4.52. The van der Waals surface area contributed by atoms with Crippen molar-refractivity contribution in [3.05, 3.63) is 66.7 Å². The maximum absolute atomic E-state index is 9.92. The average molecular weight is 406 g/mol. The van der Waals surface area contributed by atoms with Crippen LogP contribution in [0.25, 0.3) is 31.7 Å². The van der Waals surface area contributed by atoms with Crippen molar-refractivity contribution in [2.75, 3.05) is 27.2 Å². The standard InChI is InChI=1S/C24H23NO3S/c1-25(2)13-14-28-20-10-5-16(6-11-20)23-21-12-9-19(27)15-22(21)29-24(23)17-3-7-18(26)8-4-17/h3-12,15,26-27H,13-14H2,1-2H3. The molecule has 0 aliphatic carbocycles. The maximum Gasteiger partial charge on any atom is 0.119 e. The Balaban J connectivity index is 1.75. The second kappa shape index (κ2) is 8.15. The normalized spacial score (nSPS) is 11.3. The minimum atomic E-state index is 0.244. The summed E-state index contributed by atoms with van der Waals surface area (Å²) in [6, 6.07) is 20.8. The van der Waals surface area contributed by atoms with Crippen molar-refractivity contribution in [3.63, 3.8) is 0 Å². The van der Waals surface area contributed by atoms with Gasteiger partial charge in [0.1, 0.15) is 23.9 Å². The second-order valence-corrected chi connectivity index (χ2v) is 8.26. The van der Waals surface area contributed by atoms with Crippen LogP contribution in [-0.2, 0) is 0 Å². The van der Waals surface area contributed by atoms with Gasteiger partial charge in [0, 0.05) is 27.1 Å². The van der Waals surface area contributed by atoms with Crippen molar-refractivity contribution in [1.82, 2.24) is 4.90 Å². The van der Waals surface area contributed by atoms with Gasteiger partial charge in [-0.25, -0.2) is 0 Å². The van der Waals surface area contributed by atoms with E-state index in [-0.39, 0.29) is 11.5 Å². The topological polar surface area (TPSA) is 52.9 Å². The molecule has 0 saturated heterocycles. The van der Waals surface area contributed by atoms with Gasteiger partial charge in [-0.2, -0.15) is 0 Å². The summed E-state index contributed by atoms with van der Waals surface area (Å²) < 4.78 is 6.84. The first-order valence-corrected chi connectivity index (χ1v) is 10.3. The Morgan fingerprint density at radius 2 is 1.48 bits per heavy atom. The van der Waals surface area contributed by atoms with Crippen molar-refractivity contribution in [2.24, 2.45) is 0 Å². The van der Waals surface area contributed by atoms with Gasteiger partial charge >= 0.3 is 0 Å². The summed E-state index contributed by atoms with van der Waals surface area (Å²) in [6.07, 6.45) is 0. The molecule has 4 rings (SSSR count). The summed E-state index contributed by atoms with van der Waals surface area (Å²) >= 11 is 1.63. The van der Waals surface area contributed by atoms with Crippen LogP contribution in [0.3, 0.4) is 0 Å². The molecule has 4 nitrogen and oxygen atoms in total. The number of likely N-dealkylation sites (N-methyl/N-ethyl adjacent to an activating group) is 1. The van der Waals surface area contributed by atoms with E-state index in [9.17, 15) is 10.2 Å². The van der Waals surface area contributed by atoms with E-state index < -0.39 is 0 Å². The molecule has 1 aromatic heterocycles. The highest BCUT2D eigenvalue weighted by molar-refractivity contribution is 7.23. The van der Waals surface area contributed by atoms with Crippen LogP contribution in [0, 0.1) is 0 Å². The van der Waals surface area contributed by atoms with Crippen LogP contribution < -0.4 is 4.74 Å². The van der Waals surface area contributed by atoms with E-state index in [1.54, 1.807) is 35.6 Å². The Hall–Kier alpha value is -3.02. The first-order chi connectivity index (χ1) is 14.0. The zero-order valence-corrected chi connectivity index (χ0v) is 17.2. The van der Waals surface area contributed by atoms with Gasteiger partial charge in [0.15, 0.2) is 0 Å². The summed E-state index contributed by atoms with van der Waals surface area (Å²) in [6.45, 7) is 1.51. The number of rotatable bonds is 6. The zero-order valence-electron chi connectivity index (χ0n) is 16.4. The number of hydrogen-bond donors (Lipinski definition) is 2. The van der Waals surface area contributed by atoms with E-state index in [0.29, 0.717) is 6.61 Å². The first kappa shape index (κ1) is 19.3. The Kier molecular flexibility index (Phi) is 5.43. The molecule has 148 valence electrons. The molecule has 0 atom stereocenters. The van der Waals surface area contributed by atoms with Gasteiger partial charge < -0.3 is 19.8 Å². The third-order valence-corrected chi connectivity index (χ3v) is 5.95. The smallest absolute Gasteiger partial charge is 0.119 e. The average Bonchev–Trinajstić information content (AvgIpc) is 3.07. The number of fused-ring (bicyclic) bond motifs is 1. The molecule has 0 saturated carbocycles. The lowest BCUT2D eigenvalue weighted by Gasteiger charge is -2.12. The van der Waals surface area contributed by atoms with Crippen molar-refractivity contribution in [3.8, 4) is 38.8 Å². The Morgan fingerprint density at radius 1 is 0.828 bits per heavy atom. The Morgan fingerprint density at radius 3 is 2.17 bits per heavy atom. The third kappa shape index (κ3) is 4.21. The highest BCUT2D eigenvalue weighted by Crippen LogP contribution is 2.46. The van der Waals surface area contributed by atoms with Crippen molar-refractivity contribution >= 4 is 21.4 Å². The molecule has 0 amide bonds. The molecular formula is C24H23NO3S. The minimum Gasteiger partial charge on any atom is -0.508 e. The Labute approximate surface area is 174 Å². The number of ether oxygens (including phenoxy) is 1. The molecule has 1 heterocycles. The molecule has 0 aliphatic rings. The van der Waals surface area contributed by atoms with Gasteiger partial charge in [0.2, 0.25) is 0 Å². The van der Waals surface area contributed by atoms with E-state index in [2.05, 4.69) is 17.0 Å². The lowest BCUT2D eigenvalue weighted by atomic mass is 9.98. The number of hydrogen-bond acceptors (Lipinski definition) is 5. The van der Waals surface area contributed by atoms with Crippen LogP contribution >= 0.6 is 11.3 Å². The van der Waals surface area contributed by atoms with E-state index >= 15 is 0 Å². The number of thiophene rings is 1. The summed E-state index contributed by atoms with van der Waals surface area (Å²) in [4.78, 5) is 3.19. The lowest BCUT2D eigenvalue weighted by molar-refractivity contribution is 0.261. The number of aromatic hydroxyl groups is 2. The predicted molar refractivity (Wildman–Crippen MR) is 120 cm³/mol.